The van der Waals surface area contributed by atoms with E-state index in [9.17, 15) is 10.2 Å². The summed E-state index contributed by atoms with van der Waals surface area (Å²) in [6, 6.07) is 0. The third kappa shape index (κ3) is 8.99. The molecule has 0 aliphatic heterocycles. The van der Waals surface area contributed by atoms with Gasteiger partial charge in [0.2, 0.25) is 0 Å². The third-order valence-electron chi connectivity index (χ3n) is 7.32. The molecule has 0 saturated heterocycles. The quantitative estimate of drug-likeness (QED) is 0.208. The molecule has 0 amide bonds. The zero-order valence-corrected chi connectivity index (χ0v) is 25.8. The van der Waals surface area contributed by atoms with Crippen LogP contribution in [-0.4, -0.2) is 63.1 Å². The SMILES string of the molecule is CCOC(C)OCC(O)(CCc1c(C)c(O[Si](C)(C)C(C)(C)C)c(C)c(C)c1O)COC(C)OCC. The number of phenolic OH excluding ortho intramolecular Hbond substituents is 1. The van der Waals surface area contributed by atoms with Gasteiger partial charge in [-0.1, -0.05) is 20.8 Å². The standard InChI is InChI=1S/C28H52O7Si/c1-13-31-22(6)33-17-28(30,18-34-23(7)32-14-2)16-15-24-21(5)26(20(4)19(3)25(24)29)35-36(11,12)27(8,9)10/h22-23,29-30H,13-18H2,1-12H3. The molecule has 0 aliphatic rings. The summed E-state index contributed by atoms with van der Waals surface area (Å²) in [6.45, 7) is 25.5. The van der Waals surface area contributed by atoms with Crippen LogP contribution in [-0.2, 0) is 25.4 Å². The molecule has 36 heavy (non-hydrogen) atoms. The zero-order valence-electron chi connectivity index (χ0n) is 24.8. The fraction of sp³-hybridized carbons (Fsp3) is 0.786. The van der Waals surface area contributed by atoms with E-state index in [-0.39, 0.29) is 24.0 Å². The van der Waals surface area contributed by atoms with Gasteiger partial charge in [-0.25, -0.2) is 0 Å². The fourth-order valence-electron chi connectivity index (χ4n) is 3.69. The maximum absolute atomic E-state index is 11.5. The van der Waals surface area contributed by atoms with E-state index in [1.54, 1.807) is 13.8 Å². The van der Waals surface area contributed by atoms with Gasteiger partial charge in [0.1, 0.15) is 17.1 Å². The molecule has 0 aliphatic carbocycles. The maximum atomic E-state index is 11.5. The van der Waals surface area contributed by atoms with Crippen molar-refractivity contribution in [3.8, 4) is 11.5 Å². The molecule has 0 radical (unpaired) electrons. The number of aliphatic hydroxyl groups is 1. The highest BCUT2D eigenvalue weighted by Crippen LogP contribution is 2.43. The summed E-state index contributed by atoms with van der Waals surface area (Å²) in [5.41, 5.74) is 2.15. The molecule has 0 bridgehead atoms. The Bertz CT molecular complexity index is 816. The summed E-state index contributed by atoms with van der Waals surface area (Å²) in [6.07, 6.45) is -0.150. The van der Waals surface area contributed by atoms with Crippen LogP contribution in [0.15, 0.2) is 0 Å². The molecule has 7 nitrogen and oxygen atoms in total. The predicted octanol–water partition coefficient (Wildman–Crippen LogP) is 6.16. The Morgan fingerprint density at radius 2 is 1.28 bits per heavy atom. The average molecular weight is 529 g/mol. The fourth-order valence-corrected chi connectivity index (χ4v) is 4.81. The highest BCUT2D eigenvalue weighted by Gasteiger charge is 2.40. The number of ether oxygens (including phenoxy) is 4. The molecule has 2 N–H and O–H groups in total. The smallest absolute Gasteiger partial charge is 0.250 e. The van der Waals surface area contributed by atoms with Crippen LogP contribution in [0, 0.1) is 20.8 Å². The summed E-state index contributed by atoms with van der Waals surface area (Å²) in [7, 11) is -2.10. The van der Waals surface area contributed by atoms with Crippen molar-refractivity contribution in [3.05, 3.63) is 22.3 Å². The van der Waals surface area contributed by atoms with E-state index in [4.69, 9.17) is 23.4 Å². The first-order chi connectivity index (χ1) is 16.5. The second kappa shape index (κ2) is 13.6. The Labute approximate surface area is 220 Å². The number of rotatable bonds is 15. The van der Waals surface area contributed by atoms with Crippen molar-refractivity contribution < 1.29 is 33.6 Å². The van der Waals surface area contributed by atoms with E-state index in [0.29, 0.717) is 26.1 Å². The lowest BCUT2D eigenvalue weighted by molar-refractivity contribution is -0.204. The Morgan fingerprint density at radius 1 is 0.806 bits per heavy atom. The molecule has 1 rings (SSSR count). The molecule has 210 valence electrons. The van der Waals surface area contributed by atoms with Gasteiger partial charge in [0.15, 0.2) is 12.6 Å². The van der Waals surface area contributed by atoms with Gasteiger partial charge < -0.3 is 33.6 Å². The van der Waals surface area contributed by atoms with Crippen LogP contribution < -0.4 is 4.43 Å². The van der Waals surface area contributed by atoms with E-state index in [1.165, 1.54) is 0 Å². The van der Waals surface area contributed by atoms with Crippen molar-refractivity contribution in [2.45, 2.75) is 118 Å². The lowest BCUT2D eigenvalue weighted by Gasteiger charge is -2.38. The second-order valence-corrected chi connectivity index (χ2v) is 16.0. The first kappa shape index (κ1) is 32.9. The highest BCUT2D eigenvalue weighted by atomic mass is 28.4. The van der Waals surface area contributed by atoms with Crippen LogP contribution in [0.1, 0.15) is 77.1 Å². The maximum Gasteiger partial charge on any atom is 0.250 e. The molecule has 0 fully saturated rings. The van der Waals surface area contributed by atoms with E-state index < -0.39 is 26.5 Å². The Hall–Kier alpha value is -1.16. The summed E-state index contributed by atoms with van der Waals surface area (Å²) < 4.78 is 29.2. The van der Waals surface area contributed by atoms with Crippen LogP contribution in [0.4, 0.5) is 0 Å². The molecule has 0 heterocycles. The Balaban J connectivity index is 3.26. The van der Waals surface area contributed by atoms with Crippen LogP contribution in [0.5, 0.6) is 11.5 Å². The molecule has 1 aromatic carbocycles. The molecule has 1 aromatic rings. The van der Waals surface area contributed by atoms with E-state index in [0.717, 1.165) is 28.0 Å². The monoisotopic (exact) mass is 528 g/mol. The Kier molecular flexibility index (Phi) is 12.4. The first-order valence-electron chi connectivity index (χ1n) is 13.2. The number of hydrogen-bond acceptors (Lipinski definition) is 7. The first-order valence-corrected chi connectivity index (χ1v) is 16.1. The molecule has 0 saturated carbocycles. The molecular formula is C28H52O7Si. The predicted molar refractivity (Wildman–Crippen MR) is 147 cm³/mol. The van der Waals surface area contributed by atoms with Crippen LogP contribution >= 0.6 is 0 Å². The minimum atomic E-state index is -2.10. The van der Waals surface area contributed by atoms with Crippen molar-refractivity contribution in [2.24, 2.45) is 0 Å². The summed E-state index contributed by atoms with van der Waals surface area (Å²) >= 11 is 0. The largest absolute Gasteiger partial charge is 0.543 e. The van der Waals surface area contributed by atoms with Crippen LogP contribution in [0.25, 0.3) is 0 Å². The summed E-state index contributed by atoms with van der Waals surface area (Å²) in [5.74, 6) is 1.10. The molecule has 8 heteroatoms. The molecule has 0 spiro atoms. The van der Waals surface area contributed by atoms with Crippen molar-refractivity contribution in [2.75, 3.05) is 26.4 Å². The van der Waals surface area contributed by atoms with E-state index >= 15 is 0 Å². The zero-order chi connectivity index (χ0) is 27.9. The van der Waals surface area contributed by atoms with E-state index in [1.807, 2.05) is 34.6 Å². The van der Waals surface area contributed by atoms with Gasteiger partial charge in [0.25, 0.3) is 8.32 Å². The minimum Gasteiger partial charge on any atom is -0.543 e. The second-order valence-electron chi connectivity index (χ2n) is 11.3. The normalized spacial score (nSPS) is 16.0. The lowest BCUT2D eigenvalue weighted by atomic mass is 9.90. The third-order valence-corrected chi connectivity index (χ3v) is 11.6. The minimum absolute atomic E-state index is 0.0327. The lowest BCUT2D eigenvalue weighted by Crippen LogP contribution is -2.44. The van der Waals surface area contributed by atoms with E-state index in [2.05, 4.69) is 33.9 Å². The van der Waals surface area contributed by atoms with Crippen LogP contribution in [0.2, 0.25) is 18.1 Å². The number of aromatic hydroxyl groups is 1. The molecular weight excluding hydrogens is 476 g/mol. The van der Waals surface area contributed by atoms with Gasteiger partial charge in [-0.15, -0.1) is 0 Å². The van der Waals surface area contributed by atoms with Gasteiger partial charge in [-0.05, 0) is 96.1 Å². The topological polar surface area (TPSA) is 86.6 Å². The van der Waals surface area contributed by atoms with Gasteiger partial charge >= 0.3 is 0 Å². The van der Waals surface area contributed by atoms with Crippen molar-refractivity contribution in [1.29, 1.82) is 0 Å². The average Bonchev–Trinajstić information content (AvgIpc) is 2.78. The summed E-state index contributed by atoms with van der Waals surface area (Å²) in [5, 5.41) is 22.6. The molecule has 0 aromatic heterocycles. The number of hydrogen-bond donors (Lipinski definition) is 2. The Morgan fingerprint density at radius 3 is 1.69 bits per heavy atom. The highest BCUT2D eigenvalue weighted by molar-refractivity contribution is 6.74. The van der Waals surface area contributed by atoms with Crippen LogP contribution in [0.3, 0.4) is 0 Å². The summed E-state index contributed by atoms with van der Waals surface area (Å²) in [4.78, 5) is 0. The van der Waals surface area contributed by atoms with Crippen molar-refractivity contribution in [3.63, 3.8) is 0 Å². The van der Waals surface area contributed by atoms with Gasteiger partial charge in [0.05, 0.1) is 13.2 Å². The number of phenols is 1. The molecule has 2 unspecified atom stereocenters. The van der Waals surface area contributed by atoms with Gasteiger partial charge in [0, 0.05) is 18.8 Å². The number of benzene rings is 1. The van der Waals surface area contributed by atoms with Crippen molar-refractivity contribution >= 4 is 8.32 Å². The van der Waals surface area contributed by atoms with Gasteiger partial charge in [-0.3, -0.25) is 0 Å². The molecule has 2 atom stereocenters. The van der Waals surface area contributed by atoms with Gasteiger partial charge in [-0.2, -0.15) is 0 Å². The van der Waals surface area contributed by atoms with Crippen molar-refractivity contribution in [1.82, 2.24) is 0 Å².